The number of likely N-dealkylation sites (tertiary alicyclic amines) is 2. The number of hydrogen-bond acceptors (Lipinski definition) is 14. The molecule has 98 heavy (non-hydrogen) atoms. The Labute approximate surface area is 613 Å². The summed E-state index contributed by atoms with van der Waals surface area (Å²) in [5.74, 6) is -1.53. The molecule has 3 atom stereocenters. The maximum Gasteiger partial charge on any atom is 2.00 e. The third kappa shape index (κ3) is 17.6. The summed E-state index contributed by atoms with van der Waals surface area (Å²) in [4.78, 5) is 25.7. The number of fused-ring (bicyclic) bond motifs is 2. The van der Waals surface area contributed by atoms with Gasteiger partial charge in [0.2, 0.25) is 0 Å². The van der Waals surface area contributed by atoms with Crippen molar-refractivity contribution in [2.45, 2.75) is 128 Å². The van der Waals surface area contributed by atoms with Gasteiger partial charge in [-0.1, -0.05) is 99.3 Å². The van der Waals surface area contributed by atoms with E-state index in [1.165, 1.54) is 36.7 Å². The van der Waals surface area contributed by atoms with Gasteiger partial charge in [-0.2, -0.15) is 10.5 Å². The Kier molecular flexibility index (Phi) is 25.5. The number of nitrogens with zero attached hydrogens (tertiary/aromatic N) is 12. The molecule has 2 fully saturated rings. The topological polar surface area (TPSA) is 203 Å². The first-order chi connectivity index (χ1) is 45.4. The van der Waals surface area contributed by atoms with Crippen LogP contribution in [0.2, 0.25) is 20.1 Å². The number of carbonyl (C=O) groups is 1. The van der Waals surface area contributed by atoms with E-state index in [1.54, 1.807) is 25.1 Å². The summed E-state index contributed by atoms with van der Waals surface area (Å²) in [5, 5.41) is 57.4. The Balaban J connectivity index is 0.000000243. The summed E-state index contributed by atoms with van der Waals surface area (Å²) in [6.07, 6.45) is 12.2. The zero-order chi connectivity index (χ0) is 67.5. The van der Waals surface area contributed by atoms with Crippen molar-refractivity contribution in [3.8, 4) is 12.1 Å². The van der Waals surface area contributed by atoms with E-state index in [9.17, 15) is 29.2 Å². The molecule has 2 aliphatic rings. The summed E-state index contributed by atoms with van der Waals surface area (Å²) < 4.78 is 31.8. The molecule has 0 amide bonds. The number of rotatable bonds is 16. The molecule has 4 aromatic heterocycles. The van der Waals surface area contributed by atoms with E-state index in [2.05, 4.69) is 106 Å². The van der Waals surface area contributed by atoms with Crippen LogP contribution >= 0.6 is 46.4 Å². The second-order valence-electron chi connectivity index (χ2n) is 26.4. The Bertz CT molecular complexity index is 4570. The van der Waals surface area contributed by atoms with Crippen LogP contribution in [0.5, 0.6) is 0 Å². The number of halogens is 7. The Morgan fingerprint density at radius 2 is 1.01 bits per heavy atom. The van der Waals surface area contributed by atoms with E-state index < -0.39 is 17.7 Å². The summed E-state index contributed by atoms with van der Waals surface area (Å²) in [6.45, 7) is 19.2. The number of aromatic nitrogens is 8. The molecule has 2 saturated heterocycles. The fourth-order valence-corrected chi connectivity index (χ4v) is 13.7. The largest absolute Gasteiger partial charge is 2.00 e. The molecule has 0 spiro atoms. The molecule has 2 aliphatic heterocycles. The third-order valence-electron chi connectivity index (χ3n) is 18.1. The fraction of sp³-hybridized carbons (Fsp3) is 0.324. The average molecular weight is 1430 g/mol. The van der Waals surface area contributed by atoms with E-state index in [0.717, 1.165) is 97.4 Å². The number of carbonyl (C=O) groups excluding carboxylic acids is 1. The minimum absolute atomic E-state index is 0. The van der Waals surface area contributed by atoms with Crippen molar-refractivity contribution in [3.05, 3.63) is 229 Å². The van der Waals surface area contributed by atoms with Crippen molar-refractivity contribution >= 4 is 120 Å². The minimum atomic E-state index is -0.631. The zero-order valence-corrected chi connectivity index (χ0v) is 61.0. The van der Waals surface area contributed by atoms with Crippen LogP contribution in [0.1, 0.15) is 165 Å². The van der Waals surface area contributed by atoms with Crippen LogP contribution in [0.15, 0.2) is 134 Å². The first-order valence-electron chi connectivity index (χ1n) is 31.6. The van der Waals surface area contributed by atoms with E-state index in [-0.39, 0.29) is 87.9 Å². The normalized spacial score (nSPS) is 14.9. The van der Waals surface area contributed by atoms with Crippen molar-refractivity contribution in [1.29, 1.82) is 10.5 Å². The molecule has 504 valence electrons. The average Bonchev–Trinajstić information content (AvgIpc) is 0.968. The first-order valence-corrected chi connectivity index (χ1v) is 33.1. The summed E-state index contributed by atoms with van der Waals surface area (Å²) >= 11 is 25.8. The smallest absolute Gasteiger partial charge is 1.00 e. The summed E-state index contributed by atoms with van der Waals surface area (Å²) in [6, 6.07) is 36.6. The monoisotopic (exact) mass is 1430 g/mol. The fourth-order valence-electron chi connectivity index (χ4n) is 12.7. The van der Waals surface area contributed by atoms with Crippen LogP contribution in [0.3, 0.4) is 0 Å². The molecular weight excluding hydrogens is 1360 g/mol. The molecule has 12 rings (SSSR count). The number of nitrogens with one attached hydrogen (secondary N) is 2. The van der Waals surface area contributed by atoms with E-state index in [0.29, 0.717) is 84.1 Å². The van der Waals surface area contributed by atoms with Gasteiger partial charge in [-0.15, -0.1) is 10.2 Å². The van der Waals surface area contributed by atoms with Crippen molar-refractivity contribution in [2.75, 3.05) is 36.8 Å². The van der Waals surface area contributed by atoms with Gasteiger partial charge >= 0.3 is 23.1 Å². The van der Waals surface area contributed by atoms with E-state index in [1.807, 2.05) is 82.3 Å². The van der Waals surface area contributed by atoms with Gasteiger partial charge in [-0.3, -0.25) is 24.6 Å². The van der Waals surface area contributed by atoms with Gasteiger partial charge in [-0.25, -0.2) is 18.1 Å². The molecule has 0 saturated carbocycles. The zero-order valence-electron chi connectivity index (χ0n) is 55.8. The van der Waals surface area contributed by atoms with Gasteiger partial charge in [0.1, 0.15) is 30.1 Å². The number of piperidine rings is 2. The number of benzene rings is 6. The summed E-state index contributed by atoms with van der Waals surface area (Å²) in [5.41, 5.74) is 10.5. The summed E-state index contributed by atoms with van der Waals surface area (Å²) in [7, 11) is 0. The molecule has 0 bridgehead atoms. The van der Waals surface area contributed by atoms with Crippen LogP contribution < -0.4 is 23.0 Å². The molecule has 0 radical (unpaired) electrons. The van der Waals surface area contributed by atoms with Crippen LogP contribution in [-0.4, -0.2) is 121 Å². The van der Waals surface area contributed by atoms with Crippen molar-refractivity contribution in [3.63, 3.8) is 0 Å². The second-order valence-corrected chi connectivity index (χ2v) is 28.1. The number of aliphatic hydroxyl groups excluding tert-OH is 1. The maximum absolute atomic E-state index is 13.9. The molecule has 16 nitrogen and oxygen atoms in total. The maximum atomic E-state index is 13.9. The predicted molar refractivity (Wildman–Crippen MR) is 384 cm³/mol. The Morgan fingerprint density at radius 1 is 0.602 bits per heavy atom. The van der Waals surface area contributed by atoms with Gasteiger partial charge in [0.25, 0.3) is 0 Å². The van der Waals surface area contributed by atoms with Crippen molar-refractivity contribution in [2.24, 2.45) is 0 Å². The van der Waals surface area contributed by atoms with Crippen LogP contribution in [0.4, 0.5) is 31.5 Å². The molecule has 1 unspecified atom stereocenters. The third-order valence-corrected chi connectivity index (χ3v) is 19.2. The first kappa shape index (κ1) is 76.4. The molecule has 6 heterocycles. The van der Waals surface area contributed by atoms with Gasteiger partial charge in [0.05, 0.1) is 83.2 Å². The number of nitriles is 2. The number of pyridine rings is 2. The Morgan fingerprint density at radius 3 is 1.40 bits per heavy atom. The van der Waals surface area contributed by atoms with Gasteiger partial charge < -0.3 is 35.6 Å². The van der Waals surface area contributed by atoms with Crippen LogP contribution in [0, 0.1) is 41.7 Å². The number of aliphatic hydroxyl groups is 1. The molecule has 24 heteroatoms. The predicted octanol–water partition coefficient (Wildman–Crippen LogP) is 14.3. The number of anilines is 4. The second kappa shape index (κ2) is 32.7. The molecule has 0 aliphatic carbocycles. The molecule has 10 aromatic rings. The number of aldehydes is 1. The van der Waals surface area contributed by atoms with Crippen LogP contribution in [0.25, 0.3) is 21.8 Å². The SMILES string of the molecule is CC(C)(C)N1CCC(n2cc([C@@H](Cc3cc(Cl)c4ncc(C#N)c(Nc5ccc(F)c(Cl)c5)c4c3)c3cccc(C=O)c3)nn2)CC1.CC(O)c1cccc([C@H](Cc2cc(Cl)c3ncc(C#N)c(Nc4ccc(F)c(Cl)c4)c3c2)c2cn(C3CCN(C(C)(C)C)CC3)nn2)c1.[CH3-].[Cl-].[Mg+2]. The molecule has 3 N–H and O–H groups in total. The van der Waals surface area contributed by atoms with E-state index in [4.69, 9.17) is 51.5 Å². The Hall–Kier alpha value is -7.37. The van der Waals surface area contributed by atoms with Gasteiger partial charge in [-0.05, 0) is 182 Å². The molecule has 6 aromatic carbocycles. The minimum Gasteiger partial charge on any atom is -1.00 e. The number of hydrogen-bond donors (Lipinski definition) is 3. The van der Waals surface area contributed by atoms with Crippen molar-refractivity contribution < 1.29 is 31.1 Å². The van der Waals surface area contributed by atoms with Crippen LogP contribution in [-0.2, 0) is 12.8 Å². The van der Waals surface area contributed by atoms with Gasteiger partial charge in [0.15, 0.2) is 0 Å². The quantitative estimate of drug-likeness (QED) is 0.0468. The standard InChI is InChI=1S/C37H38Cl2FN7O.C36H34Cl2FN7O.CH3.ClH.Mg/c1-22(48)24-6-5-7-25(17-24)29(34-21-47(45-44-34)28-10-12-46(13-11-28)37(2,3)4)14-23-15-30-35(43-27-8-9-33(40)31(38)18-27)26(19-41)20-42-36(30)32(39)16-23;1-36(2,3)45-11-9-27(10-12-45)46-20-33(43-44-46)28(24-6-4-5-22(13-24)21-47)14-23-15-29-34(42-26-7-8-32(39)30(37)17-26)25(18-40)19-41-35(29)31(38)16-23;;;/h5-9,15-18,20-22,28-29,48H,10-14H2,1-4H3,(H,42,43);4-8,13,15-17,19-21,27-28H,9-12,14H2,1-3H3,(H,41,42);1H3;1H;/q;;-1;;+2/p-1/t22?,29-;28-;;;/m00.../s1. The van der Waals surface area contributed by atoms with Crippen molar-refractivity contribution in [1.82, 2.24) is 49.8 Å². The van der Waals surface area contributed by atoms with Gasteiger partial charge in [0, 0.05) is 102 Å². The van der Waals surface area contributed by atoms with E-state index >= 15 is 0 Å². The molecular formula is C74H75Cl5F2MgN14O2.